The predicted molar refractivity (Wildman–Crippen MR) is 248 cm³/mol. The van der Waals surface area contributed by atoms with Crippen molar-refractivity contribution < 1.29 is 15.0 Å². The molecule has 4 nitrogen and oxygen atoms in total. The number of carbonyl (C=O) groups is 1. The van der Waals surface area contributed by atoms with E-state index in [9.17, 15) is 15.0 Å². The summed E-state index contributed by atoms with van der Waals surface area (Å²) in [6, 6.07) is -0.643. The van der Waals surface area contributed by atoms with Gasteiger partial charge in [-0.25, -0.2) is 0 Å². The largest absolute Gasteiger partial charge is 0.394 e. The fraction of sp³-hybridized carbons (Fsp3) is 0.865. The van der Waals surface area contributed by atoms with E-state index in [1.54, 1.807) is 6.08 Å². The third kappa shape index (κ3) is 43.7. The first-order valence-corrected chi connectivity index (χ1v) is 25.2. The van der Waals surface area contributed by atoms with E-state index in [1.807, 2.05) is 6.08 Å². The normalized spacial score (nSPS) is 13.1. The zero-order valence-electron chi connectivity index (χ0n) is 37.9. The van der Waals surface area contributed by atoms with Crippen LogP contribution in [0.5, 0.6) is 0 Å². The molecule has 1 amide bonds. The highest BCUT2D eigenvalue weighted by Gasteiger charge is 2.17. The van der Waals surface area contributed by atoms with Gasteiger partial charge in [0.1, 0.15) is 0 Å². The minimum atomic E-state index is -0.868. The molecule has 0 aliphatic heterocycles. The molecule has 4 heteroatoms. The summed E-state index contributed by atoms with van der Waals surface area (Å²) in [5, 5.41) is 23.1. The van der Waals surface area contributed by atoms with E-state index in [0.29, 0.717) is 6.42 Å². The molecule has 0 aromatic carbocycles. The number of nitrogens with one attached hydrogen (secondary N) is 1. The van der Waals surface area contributed by atoms with Gasteiger partial charge in [-0.1, -0.05) is 256 Å². The molecule has 330 valence electrons. The van der Waals surface area contributed by atoms with Crippen molar-refractivity contribution in [2.24, 2.45) is 0 Å². The van der Waals surface area contributed by atoms with Crippen molar-refractivity contribution in [1.29, 1.82) is 0 Å². The summed E-state index contributed by atoms with van der Waals surface area (Å²) in [5.74, 6) is -0.0744. The van der Waals surface area contributed by atoms with Crippen molar-refractivity contribution in [3.63, 3.8) is 0 Å². The van der Waals surface area contributed by atoms with Crippen LogP contribution in [-0.4, -0.2) is 34.9 Å². The van der Waals surface area contributed by atoms with Crippen molar-refractivity contribution in [2.75, 3.05) is 6.61 Å². The summed E-state index contributed by atoms with van der Waals surface area (Å²) >= 11 is 0. The summed E-state index contributed by atoms with van der Waals surface area (Å²) in [5.41, 5.74) is 0. The fourth-order valence-corrected chi connectivity index (χ4v) is 7.74. The lowest BCUT2D eigenvalue weighted by Gasteiger charge is -2.19. The topological polar surface area (TPSA) is 69.6 Å². The van der Waals surface area contributed by atoms with Crippen LogP contribution in [0.1, 0.15) is 271 Å². The maximum Gasteiger partial charge on any atom is 0.220 e. The summed E-state index contributed by atoms with van der Waals surface area (Å²) < 4.78 is 0. The molecule has 2 unspecified atom stereocenters. The molecule has 0 saturated heterocycles. The molecule has 0 radical (unpaired) electrons. The number of hydrogen-bond donors (Lipinski definition) is 3. The first-order valence-electron chi connectivity index (χ1n) is 25.2. The second-order valence-electron chi connectivity index (χ2n) is 17.2. The number of aliphatic hydroxyl groups is 2. The Morgan fingerprint density at radius 2 is 0.696 bits per heavy atom. The zero-order chi connectivity index (χ0) is 40.7. The second kappa shape index (κ2) is 48.0. The average molecular weight is 786 g/mol. The van der Waals surface area contributed by atoms with Gasteiger partial charge >= 0.3 is 0 Å². The second-order valence-corrected chi connectivity index (χ2v) is 17.2. The SMILES string of the molecule is CCCCCCCCCCCCCCCCCCC/C=C/CC/C=C/CC/C=C/C(O)C(CO)NC(=O)CCCCCCCCCCCCCCCCCCC. The molecule has 0 fully saturated rings. The Hall–Kier alpha value is -1.39. The van der Waals surface area contributed by atoms with Gasteiger partial charge in [0.2, 0.25) is 5.91 Å². The number of allylic oxidation sites excluding steroid dienone is 5. The zero-order valence-corrected chi connectivity index (χ0v) is 37.9. The van der Waals surface area contributed by atoms with E-state index in [1.165, 1.54) is 212 Å². The molecule has 0 aromatic heterocycles. The predicted octanol–water partition coefficient (Wildman–Crippen LogP) is 16.1. The van der Waals surface area contributed by atoms with Crippen LogP contribution in [0.3, 0.4) is 0 Å². The molecular weight excluding hydrogens is 687 g/mol. The Kier molecular flexibility index (Phi) is 46.8. The highest BCUT2D eigenvalue weighted by Crippen LogP contribution is 2.16. The van der Waals surface area contributed by atoms with E-state index in [-0.39, 0.29) is 12.5 Å². The van der Waals surface area contributed by atoms with Gasteiger partial charge in [-0.2, -0.15) is 0 Å². The average Bonchev–Trinajstić information content (AvgIpc) is 3.20. The van der Waals surface area contributed by atoms with Gasteiger partial charge in [0.15, 0.2) is 0 Å². The van der Waals surface area contributed by atoms with Crippen LogP contribution in [-0.2, 0) is 4.79 Å². The first kappa shape index (κ1) is 54.6. The maximum absolute atomic E-state index is 12.4. The Morgan fingerprint density at radius 3 is 1.04 bits per heavy atom. The molecule has 56 heavy (non-hydrogen) atoms. The van der Waals surface area contributed by atoms with Crippen LogP contribution in [0.15, 0.2) is 36.5 Å². The van der Waals surface area contributed by atoms with Crippen LogP contribution in [0.2, 0.25) is 0 Å². The van der Waals surface area contributed by atoms with E-state index >= 15 is 0 Å². The Bertz CT molecular complexity index is 851. The Labute approximate surface area is 351 Å². The van der Waals surface area contributed by atoms with Crippen molar-refractivity contribution >= 4 is 5.91 Å². The molecule has 0 bridgehead atoms. The number of rotatable bonds is 46. The number of hydrogen-bond acceptors (Lipinski definition) is 3. The number of unbranched alkanes of at least 4 members (excludes halogenated alkanes) is 35. The molecule has 0 heterocycles. The Morgan fingerprint density at radius 1 is 0.411 bits per heavy atom. The maximum atomic E-state index is 12.4. The van der Waals surface area contributed by atoms with Gasteiger partial charge in [0.25, 0.3) is 0 Å². The van der Waals surface area contributed by atoms with Crippen LogP contribution < -0.4 is 5.32 Å². The van der Waals surface area contributed by atoms with Crippen molar-refractivity contribution in [1.82, 2.24) is 5.32 Å². The highest BCUT2D eigenvalue weighted by atomic mass is 16.3. The Balaban J connectivity index is 3.57. The molecule has 2 atom stereocenters. The van der Waals surface area contributed by atoms with Gasteiger partial charge < -0.3 is 15.5 Å². The lowest BCUT2D eigenvalue weighted by atomic mass is 10.0. The quantitative estimate of drug-likeness (QED) is 0.0425. The third-order valence-corrected chi connectivity index (χ3v) is 11.6. The molecule has 0 aromatic rings. The van der Waals surface area contributed by atoms with Crippen molar-refractivity contribution in [3.05, 3.63) is 36.5 Å². The molecular formula is C52H99NO3. The fourth-order valence-electron chi connectivity index (χ4n) is 7.74. The lowest BCUT2D eigenvalue weighted by Crippen LogP contribution is -2.45. The molecule has 0 aliphatic rings. The molecule has 0 spiro atoms. The molecule has 0 aliphatic carbocycles. The van der Waals surface area contributed by atoms with Crippen molar-refractivity contribution in [3.8, 4) is 0 Å². The van der Waals surface area contributed by atoms with Gasteiger partial charge in [-0.05, 0) is 44.9 Å². The highest BCUT2D eigenvalue weighted by molar-refractivity contribution is 5.76. The van der Waals surface area contributed by atoms with E-state index < -0.39 is 12.1 Å². The van der Waals surface area contributed by atoms with Crippen LogP contribution in [0, 0.1) is 0 Å². The summed E-state index contributed by atoms with van der Waals surface area (Å²) in [7, 11) is 0. The minimum Gasteiger partial charge on any atom is -0.394 e. The first-order chi connectivity index (χ1) is 27.7. The number of amides is 1. The van der Waals surface area contributed by atoms with Gasteiger partial charge in [0.05, 0.1) is 18.8 Å². The van der Waals surface area contributed by atoms with Gasteiger partial charge in [-0.3, -0.25) is 4.79 Å². The van der Waals surface area contributed by atoms with Crippen LogP contribution in [0.25, 0.3) is 0 Å². The monoisotopic (exact) mass is 786 g/mol. The third-order valence-electron chi connectivity index (χ3n) is 11.6. The lowest BCUT2D eigenvalue weighted by molar-refractivity contribution is -0.123. The smallest absolute Gasteiger partial charge is 0.220 e. The minimum absolute atomic E-state index is 0.0744. The summed E-state index contributed by atoms with van der Waals surface area (Å²) in [4.78, 5) is 12.4. The van der Waals surface area contributed by atoms with E-state index in [2.05, 4.69) is 43.5 Å². The van der Waals surface area contributed by atoms with E-state index in [4.69, 9.17) is 0 Å². The van der Waals surface area contributed by atoms with Gasteiger partial charge in [-0.15, -0.1) is 0 Å². The van der Waals surface area contributed by atoms with Crippen LogP contribution in [0.4, 0.5) is 0 Å². The summed E-state index contributed by atoms with van der Waals surface area (Å²) in [6.45, 7) is 4.32. The summed E-state index contributed by atoms with van der Waals surface area (Å²) in [6.07, 6.45) is 64.3. The molecule has 0 rings (SSSR count). The standard InChI is InChI=1S/C52H99NO3/c1-3-5-7-9-11-13-15-17-19-21-22-23-24-25-26-27-28-29-30-32-33-35-37-39-41-43-45-47-51(55)50(49-54)53-52(56)48-46-44-42-40-38-36-34-31-20-18-16-14-12-10-8-6-4-2/h30,32,37,39,45,47,50-51,54-55H,3-29,31,33-36,38,40-44,46,48-49H2,1-2H3,(H,53,56)/b32-30+,39-37+,47-45+. The van der Waals surface area contributed by atoms with Gasteiger partial charge in [0, 0.05) is 6.42 Å². The molecule has 0 saturated carbocycles. The van der Waals surface area contributed by atoms with Crippen molar-refractivity contribution in [2.45, 2.75) is 283 Å². The number of aliphatic hydroxyl groups excluding tert-OH is 2. The van der Waals surface area contributed by atoms with E-state index in [0.717, 1.165) is 38.5 Å². The van der Waals surface area contributed by atoms with Crippen LogP contribution >= 0.6 is 0 Å². The number of carbonyl (C=O) groups excluding carboxylic acids is 1. The molecule has 3 N–H and O–H groups in total.